The Morgan fingerprint density at radius 3 is 2.27 bits per heavy atom. The van der Waals surface area contributed by atoms with Crippen LogP contribution >= 0.6 is 0 Å². The lowest BCUT2D eigenvalue weighted by Crippen LogP contribution is -2.15. The summed E-state index contributed by atoms with van der Waals surface area (Å²) in [5, 5.41) is 5.12. The first-order chi connectivity index (χ1) is 15.5. The fourth-order valence-electron chi connectivity index (χ4n) is 4.02. The van der Waals surface area contributed by atoms with Gasteiger partial charge < -0.3 is 4.18 Å². The minimum absolute atomic E-state index is 0.00662. The van der Waals surface area contributed by atoms with E-state index in [-0.39, 0.29) is 22.1 Å². The highest BCUT2D eigenvalue weighted by Gasteiger charge is 2.27. The lowest BCUT2D eigenvalue weighted by molar-refractivity contribution is 0.103. The van der Waals surface area contributed by atoms with Gasteiger partial charge in [0.15, 0.2) is 5.78 Å². The zero-order valence-electron chi connectivity index (χ0n) is 19.4. The van der Waals surface area contributed by atoms with Gasteiger partial charge in [-0.1, -0.05) is 18.2 Å². The predicted molar refractivity (Wildman–Crippen MR) is 126 cm³/mol. The molecule has 0 atom stereocenters. The van der Waals surface area contributed by atoms with Gasteiger partial charge in [-0.25, -0.2) is 4.68 Å². The van der Waals surface area contributed by atoms with Crippen molar-refractivity contribution in [3.05, 3.63) is 81.7 Å². The minimum atomic E-state index is -4.14. The van der Waals surface area contributed by atoms with Crippen LogP contribution in [0.25, 0.3) is 10.9 Å². The Kier molecular flexibility index (Phi) is 5.57. The molecule has 0 bridgehead atoms. The molecule has 2 aromatic carbocycles. The van der Waals surface area contributed by atoms with Crippen molar-refractivity contribution >= 4 is 26.8 Å². The number of carbonyl (C=O) groups excluding carboxylic acids is 1. The van der Waals surface area contributed by atoms with Crippen LogP contribution in [0.4, 0.5) is 0 Å². The van der Waals surface area contributed by atoms with Crippen molar-refractivity contribution in [2.75, 3.05) is 0 Å². The molecule has 0 N–H and O–H groups in total. The zero-order valence-corrected chi connectivity index (χ0v) is 20.2. The maximum absolute atomic E-state index is 13.6. The number of hydrogen-bond donors (Lipinski definition) is 0. The smallest absolute Gasteiger partial charge is 0.340 e. The summed E-state index contributed by atoms with van der Waals surface area (Å²) >= 11 is 0. The highest BCUT2D eigenvalue weighted by atomic mass is 32.2. The summed E-state index contributed by atoms with van der Waals surface area (Å²) in [5.41, 5.74) is 6.09. The molecule has 0 spiro atoms. The zero-order chi connectivity index (χ0) is 24.1. The summed E-state index contributed by atoms with van der Waals surface area (Å²) < 4.78 is 32.2. The van der Waals surface area contributed by atoms with Crippen molar-refractivity contribution in [1.82, 2.24) is 14.8 Å². The average Bonchev–Trinajstić information content (AvgIpc) is 3.14. The van der Waals surface area contributed by atoms with Crippen LogP contribution in [0.15, 0.2) is 47.5 Å². The molecule has 0 radical (unpaired) electrons. The number of pyridine rings is 1. The molecular weight excluding hydrogens is 438 g/mol. The van der Waals surface area contributed by atoms with Gasteiger partial charge in [-0.05, 0) is 75.1 Å². The summed E-state index contributed by atoms with van der Waals surface area (Å²) in [6, 6.07) is 9.61. The molecule has 0 saturated heterocycles. The molecule has 0 unspecified atom stereocenters. The van der Waals surface area contributed by atoms with Crippen molar-refractivity contribution in [3.8, 4) is 5.88 Å². The van der Waals surface area contributed by atoms with Crippen LogP contribution in [-0.4, -0.2) is 29.0 Å². The average molecular weight is 464 g/mol. The predicted octanol–water partition coefficient (Wildman–Crippen LogP) is 4.51. The monoisotopic (exact) mass is 463 g/mol. The Balaban J connectivity index is 1.84. The molecule has 0 amide bonds. The number of fused-ring (bicyclic) bond motifs is 1. The molecule has 0 aliphatic carbocycles. The maximum Gasteiger partial charge on any atom is 0.340 e. The van der Waals surface area contributed by atoms with Crippen LogP contribution in [0.2, 0.25) is 0 Å². The van der Waals surface area contributed by atoms with E-state index in [1.54, 1.807) is 18.2 Å². The molecule has 7 nitrogen and oxygen atoms in total. The Hall–Kier alpha value is -3.52. The molecule has 4 aromatic rings. The van der Waals surface area contributed by atoms with E-state index in [1.165, 1.54) is 30.1 Å². The van der Waals surface area contributed by atoms with Gasteiger partial charge in [0.05, 0.1) is 11.7 Å². The molecular formula is C25H25N3O4S. The first-order valence-electron chi connectivity index (χ1n) is 10.5. The van der Waals surface area contributed by atoms with Crippen molar-refractivity contribution in [2.24, 2.45) is 7.05 Å². The van der Waals surface area contributed by atoms with Crippen molar-refractivity contribution < 1.29 is 17.4 Å². The van der Waals surface area contributed by atoms with E-state index >= 15 is 0 Å². The van der Waals surface area contributed by atoms with Crippen molar-refractivity contribution in [2.45, 2.75) is 39.5 Å². The molecule has 170 valence electrons. The van der Waals surface area contributed by atoms with Gasteiger partial charge in [0.25, 0.3) is 0 Å². The first kappa shape index (κ1) is 22.7. The standard InChI is InChI=1S/C25H25N3O4S/c1-14-12-20(17(4)23-22(14)16(3)15(2)18(5)27-23)24(29)21-13-26-28(6)25(21)32-33(30,31)19-10-8-7-9-11-19/h7-13H,1-6H3. The molecule has 0 saturated carbocycles. The van der Waals surface area contributed by atoms with Gasteiger partial charge in [0.2, 0.25) is 5.88 Å². The van der Waals surface area contributed by atoms with E-state index in [2.05, 4.69) is 12.0 Å². The second-order valence-corrected chi connectivity index (χ2v) is 9.75. The van der Waals surface area contributed by atoms with E-state index in [0.29, 0.717) is 5.56 Å². The van der Waals surface area contributed by atoms with E-state index in [4.69, 9.17) is 9.17 Å². The van der Waals surface area contributed by atoms with Crippen molar-refractivity contribution in [1.29, 1.82) is 0 Å². The Morgan fingerprint density at radius 1 is 0.939 bits per heavy atom. The van der Waals surface area contributed by atoms with E-state index in [9.17, 15) is 13.2 Å². The van der Waals surface area contributed by atoms with E-state index < -0.39 is 10.1 Å². The van der Waals surface area contributed by atoms with Crippen LogP contribution in [0.3, 0.4) is 0 Å². The Bertz CT molecular complexity index is 1520. The highest BCUT2D eigenvalue weighted by Crippen LogP contribution is 2.32. The topological polar surface area (TPSA) is 91.2 Å². The summed E-state index contributed by atoms with van der Waals surface area (Å²) in [6.07, 6.45) is 1.33. The summed E-state index contributed by atoms with van der Waals surface area (Å²) in [7, 11) is -2.61. The van der Waals surface area contributed by atoms with Gasteiger partial charge in [-0.3, -0.25) is 9.78 Å². The fourth-order valence-corrected chi connectivity index (χ4v) is 5.02. The van der Waals surface area contributed by atoms with Crippen LogP contribution in [0.1, 0.15) is 43.9 Å². The van der Waals surface area contributed by atoms with Crippen LogP contribution in [0.5, 0.6) is 5.88 Å². The number of ketones is 1. The van der Waals surface area contributed by atoms with Gasteiger partial charge in [0, 0.05) is 23.7 Å². The van der Waals surface area contributed by atoms with Gasteiger partial charge >= 0.3 is 10.1 Å². The molecule has 2 heterocycles. The summed E-state index contributed by atoms with van der Waals surface area (Å²) in [4.78, 5) is 18.4. The lowest BCUT2D eigenvalue weighted by atomic mass is 9.91. The number of benzene rings is 2. The number of carbonyl (C=O) groups is 1. The number of aromatic nitrogens is 3. The second kappa shape index (κ2) is 8.12. The number of hydrogen-bond acceptors (Lipinski definition) is 6. The SMILES string of the molecule is Cc1nc2c(C)c(C(=O)c3cnn(C)c3OS(=O)(=O)c3ccccc3)cc(C)c2c(C)c1C. The molecule has 8 heteroatoms. The van der Waals surface area contributed by atoms with Crippen molar-refractivity contribution in [3.63, 3.8) is 0 Å². The van der Waals surface area contributed by atoms with Gasteiger partial charge in [-0.15, -0.1) is 0 Å². The van der Waals surface area contributed by atoms with E-state index in [1.807, 2.05) is 33.8 Å². The third-order valence-electron chi connectivity index (χ3n) is 6.11. The summed E-state index contributed by atoms with van der Waals surface area (Å²) in [5.74, 6) is -0.508. The largest absolute Gasteiger partial charge is 0.358 e. The molecule has 0 aliphatic heterocycles. The molecule has 0 aliphatic rings. The Labute approximate surface area is 193 Å². The van der Waals surface area contributed by atoms with Gasteiger partial charge in [-0.2, -0.15) is 13.5 Å². The van der Waals surface area contributed by atoms with Crippen LogP contribution in [-0.2, 0) is 17.2 Å². The molecule has 4 rings (SSSR count). The normalized spacial score (nSPS) is 11.7. The molecule has 2 aromatic heterocycles. The Morgan fingerprint density at radius 2 is 1.61 bits per heavy atom. The summed E-state index contributed by atoms with van der Waals surface area (Å²) in [6.45, 7) is 9.85. The first-order valence-corrected chi connectivity index (χ1v) is 11.9. The minimum Gasteiger partial charge on any atom is -0.358 e. The van der Waals surface area contributed by atoms with Gasteiger partial charge in [0.1, 0.15) is 10.5 Å². The van der Waals surface area contributed by atoms with E-state index in [0.717, 1.165) is 38.9 Å². The van der Waals surface area contributed by atoms with Crippen LogP contribution < -0.4 is 4.18 Å². The second-order valence-electron chi connectivity index (χ2n) is 8.20. The number of nitrogens with zero attached hydrogens (tertiary/aromatic N) is 3. The number of aryl methyl sites for hydroxylation is 5. The molecule has 33 heavy (non-hydrogen) atoms. The number of rotatable bonds is 5. The third-order valence-corrected chi connectivity index (χ3v) is 7.33. The van der Waals surface area contributed by atoms with Crippen LogP contribution in [0, 0.1) is 34.6 Å². The third kappa shape index (κ3) is 3.80. The lowest BCUT2D eigenvalue weighted by Gasteiger charge is -2.16. The quantitative estimate of drug-likeness (QED) is 0.319. The maximum atomic E-state index is 13.6. The highest BCUT2D eigenvalue weighted by molar-refractivity contribution is 7.87. The molecule has 0 fully saturated rings. The fraction of sp³-hybridized carbons (Fsp3) is 0.240.